The molecule has 0 fully saturated rings. The number of carbonyl (C=O) groups is 1. The topological polar surface area (TPSA) is 90.1 Å². The summed E-state index contributed by atoms with van der Waals surface area (Å²) in [5.74, 6) is -0.481. The van der Waals surface area contributed by atoms with E-state index >= 15 is 0 Å². The molecule has 0 aliphatic rings. The minimum atomic E-state index is -1.00. The summed E-state index contributed by atoms with van der Waals surface area (Å²) in [5, 5.41) is 17.3. The van der Waals surface area contributed by atoms with Crippen molar-refractivity contribution in [3.8, 4) is 5.88 Å². The Kier molecular flexibility index (Phi) is 3.23. The van der Waals surface area contributed by atoms with Gasteiger partial charge in [0.05, 0.1) is 19.2 Å². The average Bonchev–Trinajstić information content (AvgIpc) is 2.91. The molecule has 0 amide bonds. The predicted molar refractivity (Wildman–Crippen MR) is 74.4 cm³/mol. The lowest BCUT2D eigenvalue weighted by Crippen LogP contribution is -2.06. The van der Waals surface area contributed by atoms with Gasteiger partial charge in [0, 0.05) is 12.3 Å². The predicted octanol–water partition coefficient (Wildman–Crippen LogP) is 1.58. The van der Waals surface area contributed by atoms with Crippen molar-refractivity contribution in [3.63, 3.8) is 0 Å². The van der Waals surface area contributed by atoms with Gasteiger partial charge in [-0.25, -0.2) is 14.5 Å². The van der Waals surface area contributed by atoms with Crippen LogP contribution >= 0.6 is 0 Å². The Labute approximate surface area is 119 Å². The Morgan fingerprint density at radius 2 is 2.19 bits per heavy atom. The molecule has 2 heterocycles. The Bertz CT molecular complexity index is 796. The maximum absolute atomic E-state index is 11.3. The summed E-state index contributed by atoms with van der Waals surface area (Å²) < 4.78 is 6.56. The Balaban J connectivity index is 2.02. The standard InChI is InChI=1S/C14H12N4O3/c1-21-12-6-5-9(7-15-12)8-18-13-10(14(19)20)3-2-4-11(13)16-17-18/h2-7H,8H2,1H3,(H,19,20). The molecule has 3 aromatic rings. The normalized spacial score (nSPS) is 10.7. The number of carboxylic acids is 1. The molecule has 7 nitrogen and oxygen atoms in total. The molecule has 2 aromatic heterocycles. The summed E-state index contributed by atoms with van der Waals surface area (Å²) in [6, 6.07) is 8.52. The van der Waals surface area contributed by atoms with Crippen molar-refractivity contribution < 1.29 is 14.6 Å². The van der Waals surface area contributed by atoms with Gasteiger partial charge < -0.3 is 9.84 Å². The van der Waals surface area contributed by atoms with Gasteiger partial charge in [0.1, 0.15) is 11.0 Å². The van der Waals surface area contributed by atoms with Crippen molar-refractivity contribution in [2.45, 2.75) is 6.54 Å². The van der Waals surface area contributed by atoms with Gasteiger partial charge >= 0.3 is 5.97 Å². The molecule has 0 aliphatic heterocycles. The Morgan fingerprint density at radius 1 is 1.33 bits per heavy atom. The molecular formula is C14H12N4O3. The zero-order chi connectivity index (χ0) is 14.8. The van der Waals surface area contributed by atoms with Gasteiger partial charge in [-0.1, -0.05) is 17.3 Å². The number of benzene rings is 1. The first-order valence-corrected chi connectivity index (χ1v) is 6.23. The van der Waals surface area contributed by atoms with E-state index in [0.717, 1.165) is 5.56 Å². The highest BCUT2D eigenvalue weighted by Gasteiger charge is 2.14. The van der Waals surface area contributed by atoms with Gasteiger partial charge in [0.25, 0.3) is 0 Å². The molecule has 0 spiro atoms. The molecule has 0 saturated carbocycles. The van der Waals surface area contributed by atoms with Crippen LogP contribution in [0.1, 0.15) is 15.9 Å². The highest BCUT2D eigenvalue weighted by atomic mass is 16.5. The highest BCUT2D eigenvalue weighted by Crippen LogP contribution is 2.18. The van der Waals surface area contributed by atoms with Crippen molar-refractivity contribution in [3.05, 3.63) is 47.7 Å². The molecule has 21 heavy (non-hydrogen) atoms. The van der Waals surface area contributed by atoms with Crippen molar-refractivity contribution >= 4 is 17.0 Å². The quantitative estimate of drug-likeness (QED) is 0.782. The molecule has 0 bridgehead atoms. The van der Waals surface area contributed by atoms with Crippen LogP contribution in [0.15, 0.2) is 36.5 Å². The number of carboxylic acid groups (broad SMARTS) is 1. The number of nitrogens with zero attached hydrogens (tertiary/aromatic N) is 4. The summed E-state index contributed by atoms with van der Waals surface area (Å²) in [6.07, 6.45) is 1.66. The van der Waals surface area contributed by atoms with Gasteiger partial charge in [0.15, 0.2) is 0 Å². The van der Waals surface area contributed by atoms with Crippen LogP contribution in [0.4, 0.5) is 0 Å². The summed E-state index contributed by atoms with van der Waals surface area (Å²) in [5.41, 5.74) is 2.11. The number of hydrogen-bond acceptors (Lipinski definition) is 5. The van der Waals surface area contributed by atoms with Gasteiger partial charge in [-0.3, -0.25) is 0 Å². The second kappa shape index (κ2) is 5.20. The maximum atomic E-state index is 11.3. The van der Waals surface area contributed by atoms with E-state index in [9.17, 15) is 9.90 Å². The summed E-state index contributed by atoms with van der Waals surface area (Å²) in [4.78, 5) is 15.4. The number of pyridine rings is 1. The van der Waals surface area contributed by atoms with E-state index in [1.165, 1.54) is 6.07 Å². The number of aromatic nitrogens is 4. The minimum absolute atomic E-state index is 0.180. The summed E-state index contributed by atoms with van der Waals surface area (Å²) in [7, 11) is 1.55. The lowest BCUT2D eigenvalue weighted by Gasteiger charge is -2.05. The first-order valence-electron chi connectivity index (χ1n) is 6.23. The molecule has 0 aliphatic carbocycles. The number of fused-ring (bicyclic) bond motifs is 1. The fourth-order valence-electron chi connectivity index (χ4n) is 2.11. The van der Waals surface area contributed by atoms with Gasteiger partial charge in [-0.2, -0.15) is 0 Å². The van der Waals surface area contributed by atoms with E-state index < -0.39 is 5.97 Å². The first-order chi connectivity index (χ1) is 10.2. The van der Waals surface area contributed by atoms with Gasteiger partial charge in [-0.15, -0.1) is 5.10 Å². The molecule has 0 atom stereocenters. The lowest BCUT2D eigenvalue weighted by atomic mass is 10.2. The van der Waals surface area contributed by atoms with E-state index in [-0.39, 0.29) is 5.56 Å². The van der Waals surface area contributed by atoms with Crippen molar-refractivity contribution in [1.29, 1.82) is 0 Å². The SMILES string of the molecule is COc1ccc(Cn2nnc3cccc(C(=O)O)c32)cn1. The highest BCUT2D eigenvalue weighted by molar-refractivity contribution is 6.00. The second-order valence-corrected chi connectivity index (χ2v) is 4.43. The number of rotatable bonds is 4. The third kappa shape index (κ3) is 2.40. The molecule has 0 unspecified atom stereocenters. The summed E-state index contributed by atoms with van der Waals surface area (Å²) in [6.45, 7) is 0.387. The second-order valence-electron chi connectivity index (χ2n) is 4.43. The van der Waals surface area contributed by atoms with Crippen LogP contribution in [0.25, 0.3) is 11.0 Å². The lowest BCUT2D eigenvalue weighted by molar-refractivity contribution is 0.0698. The molecule has 106 valence electrons. The van der Waals surface area contributed by atoms with E-state index in [1.807, 2.05) is 6.07 Å². The minimum Gasteiger partial charge on any atom is -0.481 e. The van der Waals surface area contributed by atoms with Crippen molar-refractivity contribution in [2.24, 2.45) is 0 Å². The third-order valence-electron chi connectivity index (χ3n) is 3.10. The molecule has 1 N–H and O–H groups in total. The molecule has 3 rings (SSSR count). The number of aromatic carboxylic acids is 1. The van der Waals surface area contributed by atoms with Crippen LogP contribution in [-0.4, -0.2) is 38.2 Å². The molecule has 0 radical (unpaired) electrons. The first kappa shape index (κ1) is 13.0. The number of hydrogen-bond donors (Lipinski definition) is 1. The monoisotopic (exact) mass is 284 g/mol. The van der Waals surface area contributed by atoms with Crippen LogP contribution in [-0.2, 0) is 6.54 Å². The fourth-order valence-corrected chi connectivity index (χ4v) is 2.11. The van der Waals surface area contributed by atoms with E-state index in [1.54, 1.807) is 36.2 Å². The van der Waals surface area contributed by atoms with Gasteiger partial charge in [-0.05, 0) is 17.7 Å². The van der Waals surface area contributed by atoms with Crippen LogP contribution < -0.4 is 4.74 Å². The Morgan fingerprint density at radius 3 is 2.86 bits per heavy atom. The van der Waals surface area contributed by atoms with Crippen LogP contribution in [0.3, 0.4) is 0 Å². The number of para-hydroxylation sites is 1. The van der Waals surface area contributed by atoms with Crippen molar-refractivity contribution in [1.82, 2.24) is 20.0 Å². The molecule has 7 heteroatoms. The Hall–Kier alpha value is -2.96. The molecule has 1 aromatic carbocycles. The third-order valence-corrected chi connectivity index (χ3v) is 3.10. The van der Waals surface area contributed by atoms with Crippen LogP contribution in [0.2, 0.25) is 0 Å². The van der Waals surface area contributed by atoms with E-state index in [2.05, 4.69) is 15.3 Å². The van der Waals surface area contributed by atoms with Crippen molar-refractivity contribution in [2.75, 3.05) is 7.11 Å². The molecular weight excluding hydrogens is 272 g/mol. The zero-order valence-corrected chi connectivity index (χ0v) is 11.2. The maximum Gasteiger partial charge on any atom is 0.337 e. The largest absolute Gasteiger partial charge is 0.481 e. The average molecular weight is 284 g/mol. The number of ether oxygens (including phenoxy) is 1. The molecule has 0 saturated heterocycles. The van der Waals surface area contributed by atoms with Gasteiger partial charge in [0.2, 0.25) is 5.88 Å². The summed E-state index contributed by atoms with van der Waals surface area (Å²) >= 11 is 0. The number of methoxy groups -OCH3 is 1. The van der Waals surface area contributed by atoms with E-state index in [0.29, 0.717) is 23.5 Å². The zero-order valence-electron chi connectivity index (χ0n) is 11.2. The van der Waals surface area contributed by atoms with Crippen LogP contribution in [0.5, 0.6) is 5.88 Å². The van der Waals surface area contributed by atoms with E-state index in [4.69, 9.17) is 4.74 Å². The fraction of sp³-hybridized carbons (Fsp3) is 0.143. The smallest absolute Gasteiger partial charge is 0.337 e. The van der Waals surface area contributed by atoms with Crippen LogP contribution in [0, 0.1) is 0 Å².